The summed E-state index contributed by atoms with van der Waals surface area (Å²) in [6, 6.07) is 1.61. The summed E-state index contributed by atoms with van der Waals surface area (Å²) in [5.41, 5.74) is 5.39. The zero-order chi connectivity index (χ0) is 14.6. The average molecular weight is 288 g/mol. The highest BCUT2D eigenvalue weighted by atomic mass is 35.5. The summed E-state index contributed by atoms with van der Waals surface area (Å²) in [5.74, 6) is -2.93. The number of benzene rings is 1. The van der Waals surface area contributed by atoms with E-state index in [-0.39, 0.29) is 28.5 Å². The fraction of sp³-hybridized carbons (Fsp3) is 0.154. The third-order valence-electron chi connectivity index (χ3n) is 2.26. The lowest BCUT2D eigenvalue weighted by atomic mass is 10.1. The number of carbonyl (C=O) groups excluding carboxylic acids is 1. The van der Waals surface area contributed by atoms with Crippen molar-refractivity contribution < 1.29 is 18.3 Å². The van der Waals surface area contributed by atoms with Crippen LogP contribution in [0.1, 0.15) is 12.5 Å². The molecular weight excluding hydrogens is 276 g/mol. The number of nitrogen functional groups attached to an aromatic ring is 1. The molecule has 2 N–H and O–H groups in total. The smallest absolute Gasteiger partial charge is 0.339 e. The molecule has 1 rings (SSSR count). The van der Waals surface area contributed by atoms with Crippen molar-refractivity contribution in [3.8, 4) is 0 Å². The largest absolute Gasteiger partial charge is 0.462 e. The van der Waals surface area contributed by atoms with Gasteiger partial charge in [-0.15, -0.1) is 0 Å². The number of rotatable bonds is 4. The zero-order valence-corrected chi connectivity index (χ0v) is 10.9. The lowest BCUT2D eigenvalue weighted by molar-refractivity contribution is -0.138. The summed E-state index contributed by atoms with van der Waals surface area (Å²) in [7, 11) is 0. The molecule has 0 saturated carbocycles. The minimum Gasteiger partial charge on any atom is -0.462 e. The van der Waals surface area contributed by atoms with Gasteiger partial charge in [-0.2, -0.15) is 0 Å². The van der Waals surface area contributed by atoms with Gasteiger partial charge in [0.05, 0.1) is 17.2 Å². The number of halogens is 3. The molecule has 0 aliphatic carbocycles. The summed E-state index contributed by atoms with van der Waals surface area (Å²) >= 11 is 5.97. The topological polar surface area (TPSA) is 52.3 Å². The highest BCUT2D eigenvalue weighted by Crippen LogP contribution is 2.30. The van der Waals surface area contributed by atoms with Gasteiger partial charge in [-0.1, -0.05) is 24.3 Å². The first-order chi connectivity index (χ1) is 8.92. The Labute approximate surface area is 114 Å². The second kappa shape index (κ2) is 6.33. The van der Waals surface area contributed by atoms with E-state index in [9.17, 15) is 13.6 Å². The van der Waals surface area contributed by atoms with Crippen molar-refractivity contribution in [2.75, 3.05) is 12.3 Å². The molecule has 0 atom stereocenters. The normalized spacial score (nSPS) is 11.8. The van der Waals surface area contributed by atoms with Gasteiger partial charge in [0.2, 0.25) is 0 Å². The van der Waals surface area contributed by atoms with Gasteiger partial charge in [-0.25, -0.2) is 13.6 Å². The van der Waals surface area contributed by atoms with E-state index in [1.54, 1.807) is 6.92 Å². The monoisotopic (exact) mass is 287 g/mol. The molecule has 0 saturated heterocycles. The Balaban J connectivity index is 3.37. The number of hydrogen-bond donors (Lipinski definition) is 1. The lowest BCUT2D eigenvalue weighted by Crippen LogP contribution is -2.08. The van der Waals surface area contributed by atoms with Crippen LogP contribution in [-0.4, -0.2) is 12.6 Å². The highest BCUT2D eigenvalue weighted by molar-refractivity contribution is 6.51. The fourth-order valence-electron chi connectivity index (χ4n) is 1.37. The third kappa shape index (κ3) is 3.32. The van der Waals surface area contributed by atoms with E-state index in [1.807, 2.05) is 0 Å². The van der Waals surface area contributed by atoms with Crippen molar-refractivity contribution in [3.63, 3.8) is 0 Å². The summed E-state index contributed by atoms with van der Waals surface area (Å²) in [4.78, 5) is 11.6. The van der Waals surface area contributed by atoms with Gasteiger partial charge in [0.15, 0.2) is 11.6 Å². The van der Waals surface area contributed by atoms with E-state index < -0.39 is 17.6 Å². The van der Waals surface area contributed by atoms with Crippen LogP contribution in [-0.2, 0) is 9.53 Å². The maximum Gasteiger partial charge on any atom is 0.339 e. The Hall–Kier alpha value is -1.88. The Morgan fingerprint density at radius 2 is 2.05 bits per heavy atom. The molecular formula is C13H12ClF2NO2. The summed E-state index contributed by atoms with van der Waals surface area (Å²) in [6.45, 7) is 5.20. The van der Waals surface area contributed by atoms with Crippen LogP contribution in [0.2, 0.25) is 0 Å². The van der Waals surface area contributed by atoms with E-state index in [0.717, 1.165) is 12.1 Å². The quantitative estimate of drug-likeness (QED) is 0.400. The maximum atomic E-state index is 13.2. The number of hydrogen-bond acceptors (Lipinski definition) is 3. The molecule has 0 bridgehead atoms. The second-order valence-electron chi connectivity index (χ2n) is 3.51. The summed E-state index contributed by atoms with van der Waals surface area (Å²) in [6.07, 6.45) is 1.17. The Morgan fingerprint density at radius 1 is 1.47 bits per heavy atom. The molecule has 0 aliphatic heterocycles. The summed E-state index contributed by atoms with van der Waals surface area (Å²) < 4.78 is 30.9. The first-order valence-corrected chi connectivity index (χ1v) is 5.74. The molecule has 0 amide bonds. The van der Waals surface area contributed by atoms with Crippen LogP contribution >= 0.6 is 11.6 Å². The van der Waals surface area contributed by atoms with E-state index in [0.29, 0.717) is 0 Å². The molecule has 3 nitrogen and oxygen atoms in total. The van der Waals surface area contributed by atoms with Crippen LogP contribution in [0.4, 0.5) is 14.5 Å². The minimum absolute atomic E-state index is 0.00326. The Bertz CT molecular complexity index is 556. The molecule has 0 spiro atoms. The second-order valence-corrected chi connectivity index (χ2v) is 3.88. The molecule has 0 radical (unpaired) electrons. The number of ether oxygens (including phenoxy) is 1. The molecule has 1 aromatic rings. The lowest BCUT2D eigenvalue weighted by Gasteiger charge is -2.09. The van der Waals surface area contributed by atoms with Crippen LogP contribution in [0, 0.1) is 11.6 Å². The molecule has 0 fully saturated rings. The molecule has 0 unspecified atom stereocenters. The molecule has 0 aliphatic rings. The predicted molar refractivity (Wildman–Crippen MR) is 70.4 cm³/mol. The number of nitrogens with two attached hydrogens (primary N) is 1. The van der Waals surface area contributed by atoms with Crippen LogP contribution in [0.25, 0.3) is 5.03 Å². The van der Waals surface area contributed by atoms with Crippen molar-refractivity contribution >= 4 is 28.3 Å². The molecule has 19 heavy (non-hydrogen) atoms. The highest BCUT2D eigenvalue weighted by Gasteiger charge is 2.17. The molecule has 102 valence electrons. The van der Waals surface area contributed by atoms with E-state index in [1.165, 1.54) is 6.08 Å². The number of anilines is 1. The van der Waals surface area contributed by atoms with Crippen LogP contribution in [0.15, 0.2) is 30.4 Å². The molecule has 6 heteroatoms. The number of esters is 1. The summed E-state index contributed by atoms with van der Waals surface area (Å²) in [5, 5.41) is -0.148. The van der Waals surface area contributed by atoms with Crippen LogP contribution < -0.4 is 5.73 Å². The average Bonchev–Trinajstić information content (AvgIpc) is 2.34. The van der Waals surface area contributed by atoms with Crippen LogP contribution in [0.5, 0.6) is 0 Å². The fourth-order valence-corrected chi connectivity index (χ4v) is 1.69. The van der Waals surface area contributed by atoms with Crippen molar-refractivity contribution in [2.45, 2.75) is 6.92 Å². The minimum atomic E-state index is -1.12. The zero-order valence-electron chi connectivity index (χ0n) is 10.2. The van der Waals surface area contributed by atoms with Crippen molar-refractivity contribution in [1.29, 1.82) is 0 Å². The maximum absolute atomic E-state index is 13.2. The van der Waals surface area contributed by atoms with Gasteiger partial charge in [-0.05, 0) is 13.0 Å². The van der Waals surface area contributed by atoms with Crippen molar-refractivity contribution in [1.82, 2.24) is 0 Å². The van der Waals surface area contributed by atoms with E-state index in [4.69, 9.17) is 22.1 Å². The first kappa shape index (κ1) is 15.2. The van der Waals surface area contributed by atoms with Crippen molar-refractivity contribution in [3.05, 3.63) is 47.6 Å². The first-order valence-electron chi connectivity index (χ1n) is 5.36. The van der Waals surface area contributed by atoms with Gasteiger partial charge in [0.1, 0.15) is 0 Å². The van der Waals surface area contributed by atoms with E-state index in [2.05, 4.69) is 6.58 Å². The van der Waals surface area contributed by atoms with Crippen LogP contribution in [0.3, 0.4) is 0 Å². The van der Waals surface area contributed by atoms with Gasteiger partial charge < -0.3 is 10.5 Å². The van der Waals surface area contributed by atoms with E-state index >= 15 is 0 Å². The molecule has 0 heterocycles. The van der Waals surface area contributed by atoms with Gasteiger partial charge in [-0.3, -0.25) is 0 Å². The van der Waals surface area contributed by atoms with Gasteiger partial charge >= 0.3 is 5.97 Å². The van der Waals surface area contributed by atoms with Gasteiger partial charge in [0.25, 0.3) is 0 Å². The SMILES string of the molecule is C=C/C(C(=O)OCC)=C(/Cl)c1cc(F)c(F)cc1N. The van der Waals surface area contributed by atoms with Crippen molar-refractivity contribution in [2.24, 2.45) is 0 Å². The standard InChI is InChI=1S/C13H12ClF2NO2/c1-3-7(13(18)19-4-2)12(14)8-5-9(15)10(16)6-11(8)17/h3,5-6H,1,4,17H2,2H3/b12-7-. The Morgan fingerprint density at radius 3 is 2.58 bits per heavy atom. The molecule has 1 aromatic carbocycles. The molecule has 0 aromatic heterocycles. The third-order valence-corrected chi connectivity index (χ3v) is 2.67. The number of carbonyl (C=O) groups is 1. The Kier molecular flexibility index (Phi) is 5.06. The predicted octanol–water partition coefficient (Wildman–Crippen LogP) is 3.25. The van der Waals surface area contributed by atoms with Gasteiger partial charge in [0, 0.05) is 17.3 Å².